The largest absolute Gasteiger partial charge is 0.478 e. The van der Waals surface area contributed by atoms with Gasteiger partial charge in [-0.05, 0) is 42.8 Å². The maximum atomic E-state index is 11.0. The Balaban J connectivity index is 2.01. The molecule has 20 heavy (non-hydrogen) atoms. The Hall–Kier alpha value is -2.62. The number of aromatic nitrogens is 2. The van der Waals surface area contributed by atoms with Crippen LogP contribution in [0.4, 0.5) is 0 Å². The fourth-order valence-corrected chi connectivity index (χ4v) is 2.32. The van der Waals surface area contributed by atoms with Gasteiger partial charge in [0.05, 0.1) is 17.8 Å². The zero-order valence-corrected chi connectivity index (χ0v) is 11.1. The molecule has 1 aromatic carbocycles. The highest BCUT2D eigenvalue weighted by Gasteiger charge is 2.08. The lowest BCUT2D eigenvalue weighted by atomic mass is 10.1. The molecule has 0 amide bonds. The fourth-order valence-electron chi connectivity index (χ4n) is 2.32. The van der Waals surface area contributed by atoms with E-state index in [4.69, 9.17) is 5.11 Å². The van der Waals surface area contributed by atoms with Crippen molar-refractivity contribution in [2.24, 2.45) is 0 Å². The van der Waals surface area contributed by atoms with Crippen LogP contribution in [0.25, 0.3) is 10.9 Å². The van der Waals surface area contributed by atoms with E-state index >= 15 is 0 Å². The van der Waals surface area contributed by atoms with Gasteiger partial charge in [-0.25, -0.2) is 4.79 Å². The van der Waals surface area contributed by atoms with E-state index in [0.29, 0.717) is 12.1 Å². The van der Waals surface area contributed by atoms with Gasteiger partial charge in [-0.15, -0.1) is 0 Å². The lowest BCUT2D eigenvalue weighted by Gasteiger charge is -2.07. The topological polar surface area (TPSA) is 55.1 Å². The van der Waals surface area contributed by atoms with Gasteiger partial charge in [0.25, 0.3) is 0 Å². The number of carboxylic acid groups (broad SMARTS) is 1. The Bertz CT molecular complexity index is 790. The summed E-state index contributed by atoms with van der Waals surface area (Å²) in [6.07, 6.45) is 3.75. The Kier molecular flexibility index (Phi) is 2.99. The van der Waals surface area contributed by atoms with Crippen LogP contribution in [-0.4, -0.2) is 20.6 Å². The summed E-state index contributed by atoms with van der Waals surface area (Å²) in [5.74, 6) is -0.903. The minimum Gasteiger partial charge on any atom is -0.478 e. The van der Waals surface area contributed by atoms with E-state index in [1.807, 2.05) is 37.4 Å². The Labute approximate surface area is 116 Å². The second kappa shape index (κ2) is 4.81. The van der Waals surface area contributed by atoms with Crippen LogP contribution in [0.3, 0.4) is 0 Å². The molecule has 2 heterocycles. The van der Waals surface area contributed by atoms with Crippen LogP contribution in [0.2, 0.25) is 0 Å². The van der Waals surface area contributed by atoms with Crippen molar-refractivity contribution in [3.05, 3.63) is 65.6 Å². The predicted octanol–water partition coefficient (Wildman–Crippen LogP) is 3.09. The smallest absolute Gasteiger partial charge is 0.335 e. The summed E-state index contributed by atoms with van der Waals surface area (Å²) in [6.45, 7) is 2.72. The summed E-state index contributed by atoms with van der Waals surface area (Å²) in [7, 11) is 0. The molecule has 0 radical (unpaired) electrons. The van der Waals surface area contributed by atoms with Gasteiger partial charge in [-0.3, -0.25) is 4.98 Å². The van der Waals surface area contributed by atoms with Crippen molar-refractivity contribution < 1.29 is 9.90 Å². The minimum atomic E-state index is -0.903. The molecule has 0 aliphatic rings. The zero-order valence-electron chi connectivity index (χ0n) is 11.1. The Morgan fingerprint density at radius 2 is 2.15 bits per heavy atom. The summed E-state index contributed by atoms with van der Waals surface area (Å²) < 4.78 is 2.08. The molecule has 3 aromatic rings. The first-order valence-corrected chi connectivity index (χ1v) is 6.38. The van der Waals surface area contributed by atoms with Crippen molar-refractivity contribution >= 4 is 16.9 Å². The van der Waals surface area contributed by atoms with Gasteiger partial charge in [-0.2, -0.15) is 0 Å². The monoisotopic (exact) mass is 266 g/mol. The molecule has 3 rings (SSSR count). The van der Waals surface area contributed by atoms with Crippen molar-refractivity contribution in [3.8, 4) is 0 Å². The Morgan fingerprint density at radius 3 is 2.90 bits per heavy atom. The number of pyridine rings is 1. The molecule has 4 heteroatoms. The number of fused-ring (bicyclic) bond motifs is 1. The molecule has 1 N–H and O–H groups in total. The molecule has 0 fully saturated rings. The van der Waals surface area contributed by atoms with Gasteiger partial charge >= 0.3 is 5.97 Å². The van der Waals surface area contributed by atoms with Crippen LogP contribution < -0.4 is 0 Å². The summed E-state index contributed by atoms with van der Waals surface area (Å²) >= 11 is 0. The first kappa shape index (κ1) is 12.4. The van der Waals surface area contributed by atoms with Gasteiger partial charge in [0, 0.05) is 23.3 Å². The molecular weight excluding hydrogens is 252 g/mol. The van der Waals surface area contributed by atoms with Crippen LogP contribution in [0.15, 0.2) is 48.8 Å². The maximum Gasteiger partial charge on any atom is 0.335 e. The standard InChI is InChI=1S/C16H14N2O2/c1-11-3-2-7-17-14(11)10-18-8-6-12-9-13(16(19)20)4-5-15(12)18/h2-9H,10H2,1H3,(H,19,20). The van der Waals surface area contributed by atoms with E-state index in [1.54, 1.807) is 18.3 Å². The van der Waals surface area contributed by atoms with Crippen LogP contribution in [-0.2, 0) is 6.54 Å². The van der Waals surface area contributed by atoms with Gasteiger partial charge in [0.15, 0.2) is 0 Å². The average molecular weight is 266 g/mol. The molecule has 100 valence electrons. The van der Waals surface area contributed by atoms with Crippen molar-refractivity contribution in [3.63, 3.8) is 0 Å². The van der Waals surface area contributed by atoms with Crippen LogP contribution in [0.5, 0.6) is 0 Å². The van der Waals surface area contributed by atoms with Crippen LogP contribution >= 0.6 is 0 Å². The number of aromatic carboxylic acids is 1. The van der Waals surface area contributed by atoms with E-state index in [1.165, 1.54) is 0 Å². The first-order chi connectivity index (χ1) is 9.65. The average Bonchev–Trinajstić information content (AvgIpc) is 2.84. The van der Waals surface area contributed by atoms with Crippen molar-refractivity contribution in [1.29, 1.82) is 0 Å². The number of hydrogen-bond acceptors (Lipinski definition) is 2. The zero-order chi connectivity index (χ0) is 14.1. The highest BCUT2D eigenvalue weighted by Crippen LogP contribution is 2.19. The molecule has 0 saturated carbocycles. The second-order valence-electron chi connectivity index (χ2n) is 4.79. The van der Waals surface area contributed by atoms with E-state index in [9.17, 15) is 4.79 Å². The summed E-state index contributed by atoms with van der Waals surface area (Å²) in [5, 5.41) is 9.94. The molecule has 0 atom stereocenters. The third-order valence-electron chi connectivity index (χ3n) is 3.46. The minimum absolute atomic E-state index is 0.310. The second-order valence-corrected chi connectivity index (χ2v) is 4.79. The van der Waals surface area contributed by atoms with E-state index < -0.39 is 5.97 Å². The first-order valence-electron chi connectivity index (χ1n) is 6.38. The quantitative estimate of drug-likeness (QED) is 0.792. The molecule has 0 bridgehead atoms. The van der Waals surface area contributed by atoms with Gasteiger partial charge < -0.3 is 9.67 Å². The molecular formula is C16H14N2O2. The third-order valence-corrected chi connectivity index (χ3v) is 3.46. The third kappa shape index (κ3) is 2.16. The lowest BCUT2D eigenvalue weighted by Crippen LogP contribution is -2.02. The van der Waals surface area contributed by atoms with Crippen molar-refractivity contribution in [2.75, 3.05) is 0 Å². The number of aryl methyl sites for hydroxylation is 1. The van der Waals surface area contributed by atoms with Crippen LogP contribution in [0, 0.1) is 6.92 Å². The molecule has 2 aromatic heterocycles. The highest BCUT2D eigenvalue weighted by atomic mass is 16.4. The summed E-state index contributed by atoms with van der Waals surface area (Å²) in [4.78, 5) is 15.4. The number of benzene rings is 1. The number of carboxylic acids is 1. The summed E-state index contributed by atoms with van der Waals surface area (Å²) in [5.41, 5.74) is 3.49. The highest BCUT2D eigenvalue weighted by molar-refractivity contribution is 5.93. The molecule has 4 nitrogen and oxygen atoms in total. The fraction of sp³-hybridized carbons (Fsp3) is 0.125. The van der Waals surface area contributed by atoms with E-state index in [0.717, 1.165) is 22.2 Å². The van der Waals surface area contributed by atoms with E-state index in [2.05, 4.69) is 9.55 Å². The van der Waals surface area contributed by atoms with E-state index in [-0.39, 0.29) is 0 Å². The SMILES string of the molecule is Cc1cccnc1Cn1ccc2cc(C(=O)O)ccc21. The maximum absolute atomic E-state index is 11.0. The molecule has 0 spiro atoms. The van der Waals surface area contributed by atoms with Gasteiger partial charge in [0.1, 0.15) is 0 Å². The number of carbonyl (C=O) groups is 1. The number of hydrogen-bond donors (Lipinski definition) is 1. The van der Waals surface area contributed by atoms with Gasteiger partial charge in [-0.1, -0.05) is 6.07 Å². The lowest BCUT2D eigenvalue weighted by molar-refractivity contribution is 0.0697. The normalized spacial score (nSPS) is 10.8. The van der Waals surface area contributed by atoms with Crippen molar-refractivity contribution in [1.82, 2.24) is 9.55 Å². The molecule has 0 aliphatic carbocycles. The molecule has 0 saturated heterocycles. The predicted molar refractivity (Wildman–Crippen MR) is 77.0 cm³/mol. The molecule has 0 unspecified atom stereocenters. The Morgan fingerprint density at radius 1 is 1.30 bits per heavy atom. The van der Waals surface area contributed by atoms with Crippen molar-refractivity contribution in [2.45, 2.75) is 13.5 Å². The number of nitrogens with zero attached hydrogens (tertiary/aromatic N) is 2. The van der Waals surface area contributed by atoms with Gasteiger partial charge in [0.2, 0.25) is 0 Å². The summed E-state index contributed by atoms with van der Waals surface area (Å²) in [6, 6.07) is 11.1. The van der Waals surface area contributed by atoms with Crippen LogP contribution in [0.1, 0.15) is 21.6 Å². The molecule has 0 aliphatic heterocycles. The number of rotatable bonds is 3.